The van der Waals surface area contributed by atoms with Crippen LogP contribution in [-0.2, 0) is 9.53 Å². The van der Waals surface area contributed by atoms with E-state index in [2.05, 4.69) is 22.9 Å². The highest BCUT2D eigenvalue weighted by molar-refractivity contribution is 6.31. The molecule has 3 rings (SSSR count). The van der Waals surface area contributed by atoms with E-state index in [1.165, 1.54) is 12.1 Å². The van der Waals surface area contributed by atoms with Crippen LogP contribution in [0.3, 0.4) is 0 Å². The van der Waals surface area contributed by atoms with Crippen LogP contribution in [-0.4, -0.2) is 25.7 Å². The number of nitrogens with one attached hydrogen (secondary N) is 3. The van der Waals surface area contributed by atoms with Crippen molar-refractivity contribution in [2.45, 2.75) is 26.3 Å². The normalized spacial score (nSPS) is 15.4. The van der Waals surface area contributed by atoms with Crippen LogP contribution in [0.1, 0.15) is 24.5 Å². The third-order valence-electron chi connectivity index (χ3n) is 4.59. The van der Waals surface area contributed by atoms with Crippen molar-refractivity contribution >= 4 is 28.5 Å². The van der Waals surface area contributed by atoms with Gasteiger partial charge in [-0.2, -0.15) is 0 Å². The Morgan fingerprint density at radius 1 is 1.26 bits per heavy atom. The van der Waals surface area contributed by atoms with Crippen LogP contribution in [0.5, 0.6) is 0 Å². The van der Waals surface area contributed by atoms with Gasteiger partial charge in [0, 0.05) is 42.0 Å². The van der Waals surface area contributed by atoms with Crippen molar-refractivity contribution < 1.29 is 13.9 Å². The molecule has 2 aromatic carbocycles. The number of amides is 1. The summed E-state index contributed by atoms with van der Waals surface area (Å²) in [5.74, 6) is -0.618. The number of benzene rings is 2. The Labute approximate surface area is 158 Å². The van der Waals surface area contributed by atoms with Gasteiger partial charge >= 0.3 is 0 Å². The number of aryl methyl sites for hydroxylation is 1. The van der Waals surface area contributed by atoms with Crippen molar-refractivity contribution in [2.75, 3.05) is 29.7 Å². The number of hydrogen-bond donors (Lipinski definition) is 3. The Morgan fingerprint density at radius 3 is 2.78 bits per heavy atom. The summed E-state index contributed by atoms with van der Waals surface area (Å²) in [6.07, 6.45) is 2.58. The van der Waals surface area contributed by atoms with Crippen molar-refractivity contribution in [1.82, 2.24) is 0 Å². The summed E-state index contributed by atoms with van der Waals surface area (Å²) in [6.45, 7) is 4.78. The predicted octanol–water partition coefficient (Wildman–Crippen LogP) is 4.38. The van der Waals surface area contributed by atoms with Crippen molar-refractivity contribution in [2.24, 2.45) is 0 Å². The zero-order valence-corrected chi connectivity index (χ0v) is 15.7. The second-order valence-electron chi connectivity index (χ2n) is 6.58. The zero-order chi connectivity index (χ0) is 19.4. The summed E-state index contributed by atoms with van der Waals surface area (Å²) in [5.41, 5.74) is 4.57. The molecule has 3 N–H and O–H groups in total. The molecule has 1 unspecified atom stereocenters. The lowest BCUT2D eigenvalue weighted by atomic mass is 10.1. The van der Waals surface area contributed by atoms with Crippen LogP contribution in [0.15, 0.2) is 42.6 Å². The topological polar surface area (TPSA) is 62.4 Å². The van der Waals surface area contributed by atoms with E-state index >= 15 is 0 Å². The van der Waals surface area contributed by atoms with E-state index in [1.807, 2.05) is 25.1 Å². The fraction of sp³-hybridized carbons (Fsp3) is 0.286. The van der Waals surface area contributed by atoms with Crippen LogP contribution in [0.25, 0.3) is 5.57 Å². The Balaban J connectivity index is 1.76. The highest BCUT2D eigenvalue weighted by Crippen LogP contribution is 2.32. The number of anilines is 3. The summed E-state index contributed by atoms with van der Waals surface area (Å²) in [5, 5.41) is 9.35. The molecule has 2 aromatic rings. The first-order chi connectivity index (χ1) is 13.0. The van der Waals surface area contributed by atoms with Gasteiger partial charge in [0.15, 0.2) is 0 Å². The van der Waals surface area contributed by atoms with Crippen molar-refractivity contribution in [1.29, 1.82) is 0 Å². The molecule has 1 aliphatic heterocycles. The summed E-state index contributed by atoms with van der Waals surface area (Å²) in [4.78, 5) is 12.1. The molecule has 0 saturated heterocycles. The zero-order valence-electron chi connectivity index (χ0n) is 15.7. The molecule has 0 fully saturated rings. The number of ether oxygens (including phenoxy) is 1. The van der Waals surface area contributed by atoms with Gasteiger partial charge in [-0.05, 0) is 55.3 Å². The van der Waals surface area contributed by atoms with E-state index in [0.29, 0.717) is 23.4 Å². The Hall–Kier alpha value is -2.86. The van der Waals surface area contributed by atoms with Gasteiger partial charge in [-0.3, -0.25) is 4.79 Å². The number of carbonyl (C=O) groups is 1. The van der Waals surface area contributed by atoms with E-state index in [-0.39, 0.29) is 17.8 Å². The minimum absolute atomic E-state index is 0.247. The fourth-order valence-electron chi connectivity index (χ4n) is 3.06. The van der Waals surface area contributed by atoms with Gasteiger partial charge in [0.05, 0.1) is 12.2 Å². The smallest absolute Gasteiger partial charge is 0.257 e. The second kappa shape index (κ2) is 8.22. The van der Waals surface area contributed by atoms with Gasteiger partial charge in [-0.15, -0.1) is 0 Å². The third kappa shape index (κ3) is 4.28. The van der Waals surface area contributed by atoms with Crippen molar-refractivity contribution in [3.63, 3.8) is 0 Å². The summed E-state index contributed by atoms with van der Waals surface area (Å²) >= 11 is 0. The molecule has 0 radical (unpaired) electrons. The first kappa shape index (κ1) is 18.9. The third-order valence-corrected chi connectivity index (χ3v) is 4.59. The Bertz CT molecular complexity index is 880. The van der Waals surface area contributed by atoms with Gasteiger partial charge < -0.3 is 20.7 Å². The van der Waals surface area contributed by atoms with E-state index in [4.69, 9.17) is 4.74 Å². The maximum absolute atomic E-state index is 13.5. The van der Waals surface area contributed by atoms with Crippen molar-refractivity contribution in [3.05, 3.63) is 59.5 Å². The molecule has 5 nitrogen and oxygen atoms in total. The average Bonchev–Trinajstić information content (AvgIpc) is 2.95. The Kier molecular flexibility index (Phi) is 5.76. The van der Waals surface area contributed by atoms with E-state index in [9.17, 15) is 9.18 Å². The van der Waals surface area contributed by atoms with Crippen LogP contribution in [0.4, 0.5) is 21.5 Å². The number of carbonyl (C=O) groups excluding carboxylic acids is 1. The molecule has 0 saturated carbocycles. The van der Waals surface area contributed by atoms with E-state index in [1.54, 1.807) is 19.4 Å². The molecule has 1 amide bonds. The SMILES string of the molecule is CCC(COC)Nc1ccc(NC=C2C(=O)Nc3ccc(F)cc32)cc1C. The molecular weight excluding hydrogens is 345 g/mol. The van der Waals surface area contributed by atoms with Gasteiger partial charge in [0.25, 0.3) is 5.91 Å². The maximum Gasteiger partial charge on any atom is 0.257 e. The molecule has 142 valence electrons. The monoisotopic (exact) mass is 369 g/mol. The number of methoxy groups -OCH3 is 1. The summed E-state index contributed by atoms with van der Waals surface area (Å²) in [6, 6.07) is 10.4. The first-order valence-corrected chi connectivity index (χ1v) is 8.96. The Morgan fingerprint density at radius 2 is 2.07 bits per heavy atom. The molecule has 6 heteroatoms. The molecular formula is C21H24FN3O2. The van der Waals surface area contributed by atoms with Crippen LogP contribution in [0, 0.1) is 12.7 Å². The number of halogens is 1. The summed E-state index contributed by atoms with van der Waals surface area (Å²) in [7, 11) is 1.70. The molecule has 0 spiro atoms. The van der Waals surface area contributed by atoms with Gasteiger partial charge in [-0.25, -0.2) is 4.39 Å². The standard InChI is InChI=1S/C21H24FN3O2/c1-4-15(12-27-3)24-19-8-6-16(9-13(19)2)23-11-18-17-10-14(22)5-7-20(17)25-21(18)26/h5-11,15,23-24H,4,12H2,1-3H3,(H,25,26). The maximum atomic E-state index is 13.5. The second-order valence-corrected chi connectivity index (χ2v) is 6.58. The van der Waals surface area contributed by atoms with E-state index < -0.39 is 0 Å². The molecule has 1 atom stereocenters. The highest BCUT2D eigenvalue weighted by atomic mass is 19.1. The van der Waals surface area contributed by atoms with Crippen molar-refractivity contribution in [3.8, 4) is 0 Å². The molecule has 1 aliphatic rings. The molecule has 27 heavy (non-hydrogen) atoms. The molecule has 0 aliphatic carbocycles. The number of fused-ring (bicyclic) bond motifs is 1. The lowest BCUT2D eigenvalue weighted by Gasteiger charge is -2.19. The number of rotatable bonds is 7. The molecule has 0 bridgehead atoms. The van der Waals surface area contributed by atoms with Crippen LogP contribution >= 0.6 is 0 Å². The average molecular weight is 369 g/mol. The minimum Gasteiger partial charge on any atom is -0.383 e. The molecule has 1 heterocycles. The van der Waals surface area contributed by atoms with E-state index in [0.717, 1.165) is 23.4 Å². The lowest BCUT2D eigenvalue weighted by Crippen LogP contribution is -2.24. The van der Waals surface area contributed by atoms with Gasteiger partial charge in [-0.1, -0.05) is 6.92 Å². The quantitative estimate of drug-likeness (QED) is 0.634. The largest absolute Gasteiger partial charge is 0.383 e. The number of hydrogen-bond acceptors (Lipinski definition) is 4. The van der Waals surface area contributed by atoms with Gasteiger partial charge in [0.2, 0.25) is 0 Å². The minimum atomic E-state index is -0.371. The lowest BCUT2D eigenvalue weighted by molar-refractivity contribution is -0.110. The fourth-order valence-corrected chi connectivity index (χ4v) is 3.06. The van der Waals surface area contributed by atoms with Crippen LogP contribution < -0.4 is 16.0 Å². The first-order valence-electron chi connectivity index (χ1n) is 8.96. The molecule has 0 aromatic heterocycles. The van der Waals surface area contributed by atoms with Crippen LogP contribution in [0.2, 0.25) is 0 Å². The highest BCUT2D eigenvalue weighted by Gasteiger charge is 2.24. The predicted molar refractivity (Wildman–Crippen MR) is 107 cm³/mol. The summed E-state index contributed by atoms with van der Waals surface area (Å²) < 4.78 is 18.7. The van der Waals surface area contributed by atoms with Gasteiger partial charge in [0.1, 0.15) is 5.82 Å².